The highest BCUT2D eigenvalue weighted by Gasteiger charge is 2.26. The van der Waals surface area contributed by atoms with Crippen LogP contribution in [0.25, 0.3) is 11.3 Å². The maximum atomic E-state index is 8.49. The van der Waals surface area contributed by atoms with E-state index < -0.39 is 10.2 Å². The summed E-state index contributed by atoms with van der Waals surface area (Å²) in [5, 5.41) is 0. The molecular formula is C18H26ClN3O4. The van der Waals surface area contributed by atoms with Gasteiger partial charge in [0.2, 0.25) is 0 Å². The van der Waals surface area contributed by atoms with Gasteiger partial charge in [0, 0.05) is 5.56 Å². The summed E-state index contributed by atoms with van der Waals surface area (Å²) in [7, 11) is -4.94. The fourth-order valence-electron chi connectivity index (χ4n) is 3.42. The molecule has 0 saturated carbocycles. The van der Waals surface area contributed by atoms with Gasteiger partial charge in [-0.05, 0) is 33.1 Å². The lowest BCUT2D eigenvalue weighted by Gasteiger charge is -2.21. The van der Waals surface area contributed by atoms with Crippen molar-refractivity contribution in [2.75, 3.05) is 18.0 Å². The van der Waals surface area contributed by atoms with Crippen molar-refractivity contribution in [2.45, 2.75) is 46.2 Å². The molecule has 2 heterocycles. The molecule has 1 aliphatic heterocycles. The number of rotatable bonds is 4. The van der Waals surface area contributed by atoms with Gasteiger partial charge in [0.1, 0.15) is 6.54 Å². The second kappa shape index (κ2) is 9.34. The standard InChI is InChI=1S/C18H26N3.ClHO4/c1-3-20-17(16-11-7-5-8-12-16)15-18(21(20)4-2)19-13-9-6-10-14-19;2-1(3,4)5/h5,7-8,11-12,15H,3-4,6,9-10,13-14H2,1-2H3;(H,2,3,4,5)/q+1;/p-1. The number of piperidine rings is 1. The van der Waals surface area contributed by atoms with Crippen LogP contribution in [0.5, 0.6) is 0 Å². The molecule has 2 aromatic rings. The zero-order valence-corrected chi connectivity index (χ0v) is 16.0. The average Bonchev–Trinajstić information content (AvgIpc) is 3.00. The first-order valence-corrected chi connectivity index (χ1v) is 10.1. The molecule has 0 bridgehead atoms. The van der Waals surface area contributed by atoms with Crippen molar-refractivity contribution in [1.82, 2.24) is 4.68 Å². The first-order chi connectivity index (χ1) is 12.3. The van der Waals surface area contributed by atoms with Crippen molar-refractivity contribution < 1.29 is 33.6 Å². The van der Waals surface area contributed by atoms with Crippen LogP contribution in [0.2, 0.25) is 0 Å². The number of benzene rings is 1. The van der Waals surface area contributed by atoms with E-state index in [4.69, 9.17) is 18.6 Å². The van der Waals surface area contributed by atoms with Crippen molar-refractivity contribution >= 4 is 5.82 Å². The van der Waals surface area contributed by atoms with E-state index in [0.717, 1.165) is 13.1 Å². The highest BCUT2D eigenvalue weighted by atomic mass is 35.7. The average molecular weight is 384 g/mol. The van der Waals surface area contributed by atoms with Crippen molar-refractivity contribution in [3.8, 4) is 11.3 Å². The Morgan fingerprint density at radius 2 is 1.54 bits per heavy atom. The first kappa shape index (κ1) is 20.7. The predicted octanol–water partition coefficient (Wildman–Crippen LogP) is -1.28. The van der Waals surface area contributed by atoms with E-state index in [9.17, 15) is 0 Å². The van der Waals surface area contributed by atoms with Gasteiger partial charge in [-0.1, -0.05) is 30.3 Å². The Labute approximate surface area is 156 Å². The van der Waals surface area contributed by atoms with Gasteiger partial charge in [-0.3, -0.25) is 4.90 Å². The van der Waals surface area contributed by atoms with Gasteiger partial charge in [0.25, 0.3) is 5.82 Å². The van der Waals surface area contributed by atoms with E-state index in [1.54, 1.807) is 0 Å². The van der Waals surface area contributed by atoms with Crippen LogP contribution < -0.4 is 28.2 Å². The predicted molar refractivity (Wildman–Crippen MR) is 87.5 cm³/mol. The number of aromatic nitrogens is 2. The van der Waals surface area contributed by atoms with E-state index in [2.05, 4.69) is 64.5 Å². The van der Waals surface area contributed by atoms with E-state index in [1.165, 1.54) is 49.4 Å². The van der Waals surface area contributed by atoms with Gasteiger partial charge in [0.05, 0.1) is 31.4 Å². The normalized spacial score (nSPS) is 14.8. The highest BCUT2D eigenvalue weighted by molar-refractivity contribution is 5.62. The molecule has 1 aliphatic rings. The Bertz CT molecular complexity index is 674. The number of halogens is 1. The molecule has 0 spiro atoms. The highest BCUT2D eigenvalue weighted by Crippen LogP contribution is 2.25. The Kier molecular flexibility index (Phi) is 7.43. The smallest absolute Gasteiger partial charge is 0.260 e. The number of nitrogens with zero attached hydrogens (tertiary/aromatic N) is 3. The van der Waals surface area contributed by atoms with Crippen LogP contribution in [0.4, 0.5) is 5.82 Å². The second-order valence-corrected chi connectivity index (χ2v) is 6.87. The Balaban J connectivity index is 0.000000431. The molecule has 1 aromatic heterocycles. The van der Waals surface area contributed by atoms with Crippen LogP contribution in [0.15, 0.2) is 36.4 Å². The van der Waals surface area contributed by atoms with Gasteiger partial charge >= 0.3 is 0 Å². The monoisotopic (exact) mass is 383 g/mol. The maximum absolute atomic E-state index is 8.49. The van der Waals surface area contributed by atoms with E-state index in [0.29, 0.717) is 0 Å². The molecule has 26 heavy (non-hydrogen) atoms. The summed E-state index contributed by atoms with van der Waals surface area (Å²) >= 11 is 0. The summed E-state index contributed by atoms with van der Waals surface area (Å²) in [4.78, 5) is 2.56. The molecule has 144 valence electrons. The molecule has 3 rings (SSSR count). The summed E-state index contributed by atoms with van der Waals surface area (Å²) < 4.78 is 38.8. The second-order valence-electron chi connectivity index (χ2n) is 6.11. The molecule has 1 fully saturated rings. The van der Waals surface area contributed by atoms with Gasteiger partial charge in [-0.15, -0.1) is 10.2 Å². The van der Waals surface area contributed by atoms with E-state index in [-0.39, 0.29) is 0 Å². The molecule has 0 atom stereocenters. The minimum atomic E-state index is -4.94. The van der Waals surface area contributed by atoms with Crippen LogP contribution >= 0.6 is 0 Å². The molecular weight excluding hydrogens is 358 g/mol. The van der Waals surface area contributed by atoms with Gasteiger partial charge in [0.15, 0.2) is 0 Å². The minimum absolute atomic E-state index is 1.01. The molecule has 0 aliphatic carbocycles. The summed E-state index contributed by atoms with van der Waals surface area (Å²) in [6.07, 6.45) is 4.02. The Hall–Kier alpha value is -1.64. The lowest BCUT2D eigenvalue weighted by atomic mass is 10.1. The quantitative estimate of drug-likeness (QED) is 0.611. The zero-order valence-electron chi connectivity index (χ0n) is 15.3. The molecule has 0 unspecified atom stereocenters. The largest absolute Gasteiger partial charge is 0.297 e. The molecule has 1 aromatic carbocycles. The third kappa shape index (κ3) is 5.69. The van der Waals surface area contributed by atoms with Crippen LogP contribution in [-0.2, 0) is 13.1 Å². The lowest BCUT2D eigenvalue weighted by molar-refractivity contribution is -2.00. The molecule has 7 nitrogen and oxygen atoms in total. The van der Waals surface area contributed by atoms with Gasteiger partial charge in [-0.25, -0.2) is 23.3 Å². The number of hydrogen-bond acceptors (Lipinski definition) is 5. The number of hydrogen-bond donors (Lipinski definition) is 0. The third-order valence-electron chi connectivity index (χ3n) is 4.45. The third-order valence-corrected chi connectivity index (χ3v) is 4.45. The molecule has 0 N–H and O–H groups in total. The van der Waals surface area contributed by atoms with E-state index >= 15 is 0 Å². The van der Waals surface area contributed by atoms with Crippen molar-refractivity contribution in [2.24, 2.45) is 0 Å². The summed E-state index contributed by atoms with van der Waals surface area (Å²) in [6.45, 7) is 8.90. The summed E-state index contributed by atoms with van der Waals surface area (Å²) in [6, 6.07) is 13.1. The van der Waals surface area contributed by atoms with Gasteiger partial charge < -0.3 is 0 Å². The molecule has 0 amide bonds. The fourth-order valence-corrected chi connectivity index (χ4v) is 3.42. The van der Waals surface area contributed by atoms with Crippen molar-refractivity contribution in [3.63, 3.8) is 0 Å². The van der Waals surface area contributed by atoms with Crippen LogP contribution in [-0.4, -0.2) is 17.8 Å². The van der Waals surface area contributed by atoms with Crippen LogP contribution in [0.1, 0.15) is 33.1 Å². The molecule has 8 heteroatoms. The van der Waals surface area contributed by atoms with Crippen molar-refractivity contribution in [3.05, 3.63) is 36.4 Å². The lowest BCUT2D eigenvalue weighted by Crippen LogP contribution is -2.68. The van der Waals surface area contributed by atoms with Gasteiger partial charge in [-0.2, -0.15) is 4.68 Å². The summed E-state index contributed by atoms with van der Waals surface area (Å²) in [5.74, 6) is 1.39. The number of anilines is 1. The minimum Gasteiger partial charge on any atom is -0.260 e. The van der Waals surface area contributed by atoms with Crippen molar-refractivity contribution in [1.29, 1.82) is 0 Å². The maximum Gasteiger partial charge on any atom is 0.297 e. The summed E-state index contributed by atoms with van der Waals surface area (Å²) in [5.41, 5.74) is 2.64. The molecule has 0 radical (unpaired) electrons. The van der Waals surface area contributed by atoms with Crippen LogP contribution in [0.3, 0.4) is 0 Å². The Morgan fingerprint density at radius 1 is 0.962 bits per heavy atom. The zero-order chi connectivity index (χ0) is 19.2. The SMILES string of the molecule is CCn1c(-c2ccccc2)cc(N2CCCCC2)[n+]1CC.[O-][Cl+3]([O-])([O-])[O-]. The molecule has 1 saturated heterocycles. The van der Waals surface area contributed by atoms with E-state index in [1.807, 2.05) is 0 Å². The Morgan fingerprint density at radius 3 is 2.04 bits per heavy atom. The fraction of sp³-hybridized carbons (Fsp3) is 0.500. The first-order valence-electron chi connectivity index (χ1n) is 8.91. The van der Waals surface area contributed by atoms with Crippen LogP contribution in [0, 0.1) is 10.2 Å². The topological polar surface area (TPSA) is 104 Å².